The molecule has 0 aromatic heterocycles. The highest BCUT2D eigenvalue weighted by molar-refractivity contribution is 9.10. The number of carbonyl (C=O) groups excluding carboxylic acids is 1. The van der Waals surface area contributed by atoms with Crippen LogP contribution < -0.4 is 0 Å². The third-order valence-corrected chi connectivity index (χ3v) is 4.13. The fourth-order valence-corrected chi connectivity index (χ4v) is 2.11. The highest BCUT2D eigenvalue weighted by Gasteiger charge is 2.14. The van der Waals surface area contributed by atoms with Crippen molar-refractivity contribution >= 4 is 21.7 Å². The summed E-state index contributed by atoms with van der Waals surface area (Å²) >= 11 is 3.42. The molecule has 0 N–H and O–H groups in total. The second-order valence-electron chi connectivity index (χ2n) is 4.38. The van der Waals surface area contributed by atoms with E-state index >= 15 is 0 Å². The van der Waals surface area contributed by atoms with Gasteiger partial charge in [-0.1, -0.05) is 15.9 Å². The topological polar surface area (TPSA) is 17.1 Å². The van der Waals surface area contributed by atoms with Crippen LogP contribution in [-0.2, 0) is 0 Å². The number of hydrogen-bond acceptors (Lipinski definition) is 1. The van der Waals surface area contributed by atoms with Crippen LogP contribution in [0.1, 0.15) is 27.0 Å². The van der Waals surface area contributed by atoms with Crippen LogP contribution >= 0.6 is 15.9 Å². The fraction of sp³-hybridized carbons (Fsp3) is 0.133. The zero-order valence-corrected chi connectivity index (χ0v) is 12.0. The number of ketones is 1. The van der Waals surface area contributed by atoms with E-state index in [2.05, 4.69) is 15.9 Å². The van der Waals surface area contributed by atoms with Gasteiger partial charge in [-0.25, -0.2) is 8.78 Å². The number of hydrogen-bond donors (Lipinski definition) is 0. The van der Waals surface area contributed by atoms with E-state index in [0.29, 0.717) is 5.56 Å². The Morgan fingerprint density at radius 2 is 1.53 bits per heavy atom. The van der Waals surface area contributed by atoms with Crippen molar-refractivity contribution in [2.75, 3.05) is 0 Å². The Kier molecular flexibility index (Phi) is 3.80. The predicted molar refractivity (Wildman–Crippen MR) is 73.4 cm³/mol. The van der Waals surface area contributed by atoms with E-state index in [4.69, 9.17) is 0 Å². The van der Waals surface area contributed by atoms with Gasteiger partial charge < -0.3 is 0 Å². The van der Waals surface area contributed by atoms with Crippen LogP contribution in [0.4, 0.5) is 8.78 Å². The first-order valence-electron chi connectivity index (χ1n) is 5.66. The van der Waals surface area contributed by atoms with Crippen molar-refractivity contribution in [1.82, 2.24) is 0 Å². The lowest BCUT2D eigenvalue weighted by molar-refractivity contribution is 0.103. The maximum absolute atomic E-state index is 13.1. The van der Waals surface area contributed by atoms with E-state index in [9.17, 15) is 13.6 Å². The molecule has 2 aromatic carbocycles. The third-order valence-electron chi connectivity index (χ3n) is 2.88. The summed E-state index contributed by atoms with van der Waals surface area (Å²) in [6.45, 7) is 3.75. The molecule has 0 fully saturated rings. The zero-order valence-electron chi connectivity index (χ0n) is 10.4. The van der Waals surface area contributed by atoms with Crippen molar-refractivity contribution < 1.29 is 13.6 Å². The highest BCUT2D eigenvalue weighted by atomic mass is 79.9. The Balaban J connectivity index is 2.47. The molecule has 0 bridgehead atoms. The van der Waals surface area contributed by atoms with E-state index in [1.165, 1.54) is 6.07 Å². The molecule has 0 aliphatic carbocycles. The summed E-state index contributed by atoms with van der Waals surface area (Å²) in [5.74, 6) is -2.30. The molecular weight excluding hydrogens is 314 g/mol. The number of rotatable bonds is 2. The van der Waals surface area contributed by atoms with Crippen LogP contribution in [0.25, 0.3) is 0 Å². The lowest BCUT2D eigenvalue weighted by Gasteiger charge is -2.07. The molecule has 2 aromatic rings. The first kappa shape index (κ1) is 13.9. The van der Waals surface area contributed by atoms with E-state index < -0.39 is 11.6 Å². The smallest absolute Gasteiger partial charge is 0.193 e. The van der Waals surface area contributed by atoms with Crippen molar-refractivity contribution in [1.29, 1.82) is 0 Å². The average molecular weight is 325 g/mol. The number of aryl methyl sites for hydroxylation is 2. The van der Waals surface area contributed by atoms with Gasteiger partial charge in [0.1, 0.15) is 0 Å². The first-order chi connectivity index (χ1) is 8.90. The molecule has 0 radical (unpaired) electrons. The summed E-state index contributed by atoms with van der Waals surface area (Å²) in [6.07, 6.45) is 0. The van der Waals surface area contributed by atoms with Crippen molar-refractivity contribution in [2.24, 2.45) is 0 Å². The van der Waals surface area contributed by atoms with Crippen molar-refractivity contribution in [3.05, 3.63) is 68.7 Å². The summed E-state index contributed by atoms with van der Waals surface area (Å²) in [7, 11) is 0. The van der Waals surface area contributed by atoms with Gasteiger partial charge in [0.25, 0.3) is 0 Å². The molecule has 0 saturated carbocycles. The van der Waals surface area contributed by atoms with Gasteiger partial charge in [0, 0.05) is 15.6 Å². The Morgan fingerprint density at radius 1 is 0.947 bits per heavy atom. The quantitative estimate of drug-likeness (QED) is 0.739. The molecule has 0 spiro atoms. The fourth-order valence-electron chi connectivity index (χ4n) is 1.88. The van der Waals surface area contributed by atoms with E-state index in [1.807, 2.05) is 13.8 Å². The van der Waals surface area contributed by atoms with Gasteiger partial charge >= 0.3 is 0 Å². The monoisotopic (exact) mass is 324 g/mol. The molecule has 0 saturated heterocycles. The van der Waals surface area contributed by atoms with E-state index in [1.54, 1.807) is 12.1 Å². The molecule has 98 valence electrons. The number of carbonyl (C=O) groups is 1. The maximum atomic E-state index is 13.1. The Hall–Kier alpha value is -1.55. The Labute approximate surface area is 118 Å². The standard InChI is InChI=1S/C15H11BrF2O/c1-8-5-11(6-9(2)14(8)16)15(19)10-3-4-12(17)13(18)7-10/h3-7H,1-2H3. The van der Waals surface area contributed by atoms with Crippen LogP contribution in [-0.4, -0.2) is 5.78 Å². The largest absolute Gasteiger partial charge is 0.289 e. The van der Waals surface area contributed by atoms with Crippen molar-refractivity contribution in [3.63, 3.8) is 0 Å². The van der Waals surface area contributed by atoms with Crippen molar-refractivity contribution in [3.8, 4) is 0 Å². The zero-order chi connectivity index (χ0) is 14.2. The minimum Gasteiger partial charge on any atom is -0.289 e. The number of halogens is 3. The van der Waals surface area contributed by atoms with E-state index in [0.717, 1.165) is 27.7 Å². The molecule has 0 aliphatic heterocycles. The van der Waals surface area contributed by atoms with Gasteiger partial charge in [0.15, 0.2) is 17.4 Å². The minimum atomic E-state index is -1.02. The second kappa shape index (κ2) is 5.21. The Bertz CT molecular complexity index is 642. The summed E-state index contributed by atoms with van der Waals surface area (Å²) < 4.78 is 26.9. The molecule has 0 heterocycles. The molecule has 19 heavy (non-hydrogen) atoms. The molecule has 0 atom stereocenters. The van der Waals surface area contributed by atoms with Gasteiger partial charge in [0.05, 0.1) is 0 Å². The van der Waals surface area contributed by atoms with Crippen LogP contribution in [0.5, 0.6) is 0 Å². The predicted octanol–water partition coefficient (Wildman–Crippen LogP) is 4.58. The molecule has 0 amide bonds. The molecule has 1 nitrogen and oxygen atoms in total. The van der Waals surface area contributed by atoms with Crippen LogP contribution in [0, 0.1) is 25.5 Å². The summed E-state index contributed by atoms with van der Waals surface area (Å²) in [6, 6.07) is 6.61. The summed E-state index contributed by atoms with van der Waals surface area (Å²) in [4.78, 5) is 12.2. The average Bonchev–Trinajstić information content (AvgIpc) is 2.37. The summed E-state index contributed by atoms with van der Waals surface area (Å²) in [5.41, 5.74) is 2.45. The normalized spacial score (nSPS) is 10.6. The van der Waals surface area contributed by atoms with Crippen LogP contribution in [0.15, 0.2) is 34.8 Å². The van der Waals surface area contributed by atoms with Gasteiger partial charge in [-0.3, -0.25) is 4.79 Å². The van der Waals surface area contributed by atoms with E-state index in [-0.39, 0.29) is 11.3 Å². The van der Waals surface area contributed by atoms with Gasteiger partial charge in [-0.15, -0.1) is 0 Å². The lowest BCUT2D eigenvalue weighted by atomic mass is 9.99. The van der Waals surface area contributed by atoms with Gasteiger partial charge in [0.2, 0.25) is 0 Å². The first-order valence-corrected chi connectivity index (χ1v) is 6.46. The van der Waals surface area contributed by atoms with Crippen molar-refractivity contribution in [2.45, 2.75) is 13.8 Å². The number of benzene rings is 2. The van der Waals surface area contributed by atoms with Crippen LogP contribution in [0.2, 0.25) is 0 Å². The van der Waals surface area contributed by atoms with Crippen LogP contribution in [0.3, 0.4) is 0 Å². The highest BCUT2D eigenvalue weighted by Crippen LogP contribution is 2.24. The molecule has 0 aliphatic rings. The molecule has 2 rings (SSSR count). The minimum absolute atomic E-state index is 0.139. The molecular formula is C15H11BrF2O. The third kappa shape index (κ3) is 2.73. The SMILES string of the molecule is Cc1cc(C(=O)c2ccc(F)c(F)c2)cc(C)c1Br. The Morgan fingerprint density at radius 3 is 2.05 bits per heavy atom. The van der Waals surface area contributed by atoms with Gasteiger partial charge in [-0.05, 0) is 55.3 Å². The summed E-state index contributed by atoms with van der Waals surface area (Å²) in [5, 5.41) is 0. The lowest BCUT2D eigenvalue weighted by Crippen LogP contribution is -2.04. The maximum Gasteiger partial charge on any atom is 0.193 e. The second-order valence-corrected chi connectivity index (χ2v) is 5.18. The van der Waals surface area contributed by atoms with Gasteiger partial charge in [-0.2, -0.15) is 0 Å². The molecule has 0 unspecified atom stereocenters. The molecule has 4 heteroatoms.